The number of amides is 1. The molecule has 1 N–H and O–H groups in total. The van der Waals surface area contributed by atoms with Crippen LogP contribution in [0.1, 0.15) is 16.8 Å². The van der Waals surface area contributed by atoms with Crippen molar-refractivity contribution in [1.29, 1.82) is 0 Å². The number of halogens is 1. The summed E-state index contributed by atoms with van der Waals surface area (Å²) < 4.78 is 0.802. The van der Waals surface area contributed by atoms with Crippen molar-refractivity contribution in [3.8, 4) is 0 Å². The lowest BCUT2D eigenvalue weighted by Gasteiger charge is -2.17. The van der Waals surface area contributed by atoms with E-state index in [1.165, 1.54) is 0 Å². The van der Waals surface area contributed by atoms with E-state index in [0.717, 1.165) is 29.8 Å². The second-order valence-electron chi connectivity index (χ2n) is 4.98. The number of anilines is 1. The summed E-state index contributed by atoms with van der Waals surface area (Å²) in [4.78, 5) is 22.7. The van der Waals surface area contributed by atoms with Crippen LogP contribution in [0.25, 0.3) is 0 Å². The topological polar surface area (TPSA) is 58.1 Å². The van der Waals surface area contributed by atoms with Gasteiger partial charge in [0.15, 0.2) is 0 Å². The molecule has 3 heterocycles. The van der Waals surface area contributed by atoms with Crippen molar-refractivity contribution in [2.45, 2.75) is 12.5 Å². The molecule has 0 bridgehead atoms. The van der Waals surface area contributed by atoms with Crippen molar-refractivity contribution in [1.82, 2.24) is 15.3 Å². The van der Waals surface area contributed by atoms with Crippen molar-refractivity contribution < 1.29 is 4.79 Å². The summed E-state index contributed by atoms with van der Waals surface area (Å²) in [6.07, 6.45) is 5.94. The fourth-order valence-corrected chi connectivity index (χ4v) is 2.80. The van der Waals surface area contributed by atoms with Gasteiger partial charge in [0.05, 0.1) is 5.56 Å². The van der Waals surface area contributed by atoms with Crippen molar-refractivity contribution >= 4 is 27.7 Å². The number of pyridine rings is 2. The Morgan fingerprint density at radius 1 is 1.38 bits per heavy atom. The lowest BCUT2D eigenvalue weighted by molar-refractivity contribution is 0.0940. The zero-order chi connectivity index (χ0) is 14.7. The maximum absolute atomic E-state index is 12.2. The predicted octanol–water partition coefficient (Wildman–Crippen LogP) is 2.25. The molecular formula is C15H15BrN4O. The van der Waals surface area contributed by atoms with E-state index in [1.807, 2.05) is 18.2 Å². The summed E-state index contributed by atoms with van der Waals surface area (Å²) in [7, 11) is 0. The van der Waals surface area contributed by atoms with Gasteiger partial charge in [-0.15, -0.1) is 0 Å². The number of carbonyl (C=O) groups excluding carboxylic acids is 1. The average molecular weight is 347 g/mol. The van der Waals surface area contributed by atoms with E-state index in [9.17, 15) is 4.79 Å². The molecule has 0 radical (unpaired) electrons. The van der Waals surface area contributed by atoms with Gasteiger partial charge in [-0.25, -0.2) is 4.98 Å². The third kappa shape index (κ3) is 3.39. The summed E-state index contributed by atoms with van der Waals surface area (Å²) in [5.41, 5.74) is 0.570. The first-order valence-electron chi connectivity index (χ1n) is 6.80. The maximum Gasteiger partial charge on any atom is 0.253 e. The highest BCUT2D eigenvalue weighted by atomic mass is 79.9. The molecule has 1 aliphatic rings. The molecule has 1 fully saturated rings. The molecule has 1 atom stereocenters. The molecule has 1 amide bonds. The normalized spacial score (nSPS) is 17.8. The number of hydrogen-bond donors (Lipinski definition) is 1. The van der Waals surface area contributed by atoms with Crippen LogP contribution in [0.2, 0.25) is 0 Å². The number of nitrogens with one attached hydrogen (secondary N) is 1. The highest BCUT2D eigenvalue weighted by molar-refractivity contribution is 9.10. The number of nitrogens with zero attached hydrogens (tertiary/aromatic N) is 3. The Balaban J connectivity index is 1.61. The van der Waals surface area contributed by atoms with E-state index >= 15 is 0 Å². The number of carbonyl (C=O) groups is 1. The van der Waals surface area contributed by atoms with Crippen molar-refractivity contribution in [3.05, 3.63) is 52.9 Å². The van der Waals surface area contributed by atoms with Crippen LogP contribution in [-0.4, -0.2) is 35.0 Å². The maximum atomic E-state index is 12.2. The SMILES string of the molecule is O=C(NC1CCN(c2ccccn2)C1)c1cncc(Br)c1. The highest BCUT2D eigenvalue weighted by Crippen LogP contribution is 2.18. The second-order valence-corrected chi connectivity index (χ2v) is 5.90. The third-order valence-corrected chi connectivity index (χ3v) is 3.90. The van der Waals surface area contributed by atoms with Gasteiger partial charge < -0.3 is 10.2 Å². The Morgan fingerprint density at radius 2 is 2.29 bits per heavy atom. The largest absolute Gasteiger partial charge is 0.354 e. The van der Waals surface area contributed by atoms with E-state index < -0.39 is 0 Å². The monoisotopic (exact) mass is 346 g/mol. The van der Waals surface area contributed by atoms with E-state index in [0.29, 0.717) is 5.56 Å². The number of hydrogen-bond acceptors (Lipinski definition) is 4. The van der Waals surface area contributed by atoms with Gasteiger partial charge in [0.2, 0.25) is 0 Å². The first-order valence-corrected chi connectivity index (χ1v) is 7.59. The number of aromatic nitrogens is 2. The summed E-state index contributed by atoms with van der Waals surface area (Å²) >= 11 is 3.32. The minimum atomic E-state index is -0.0864. The molecule has 0 aliphatic carbocycles. The van der Waals surface area contributed by atoms with Crippen LogP contribution in [0, 0.1) is 0 Å². The Kier molecular flexibility index (Phi) is 4.15. The van der Waals surface area contributed by atoms with E-state index in [1.54, 1.807) is 24.7 Å². The van der Waals surface area contributed by atoms with Crippen LogP contribution in [-0.2, 0) is 0 Å². The molecule has 1 unspecified atom stereocenters. The Labute approximate surface area is 131 Å². The molecule has 1 saturated heterocycles. The van der Waals surface area contributed by atoms with Crippen LogP contribution >= 0.6 is 15.9 Å². The molecule has 5 nitrogen and oxygen atoms in total. The minimum absolute atomic E-state index is 0.0864. The molecular weight excluding hydrogens is 332 g/mol. The van der Waals surface area contributed by atoms with Crippen LogP contribution in [0.5, 0.6) is 0 Å². The first kappa shape index (κ1) is 14.0. The standard InChI is InChI=1S/C15H15BrN4O/c16-12-7-11(8-17-9-12)15(21)19-13-4-6-20(10-13)14-3-1-2-5-18-14/h1-3,5,7-9,13H,4,6,10H2,(H,19,21). The van der Waals surface area contributed by atoms with Crippen LogP contribution in [0.15, 0.2) is 47.3 Å². The van der Waals surface area contributed by atoms with Crippen molar-refractivity contribution in [3.63, 3.8) is 0 Å². The zero-order valence-electron chi connectivity index (χ0n) is 11.4. The molecule has 0 aromatic carbocycles. The molecule has 6 heteroatoms. The smallest absolute Gasteiger partial charge is 0.253 e. The van der Waals surface area contributed by atoms with Gasteiger partial charge in [-0.05, 0) is 40.5 Å². The van der Waals surface area contributed by atoms with E-state index in [2.05, 4.69) is 36.1 Å². The van der Waals surface area contributed by atoms with Gasteiger partial charge in [-0.1, -0.05) is 6.07 Å². The minimum Gasteiger partial charge on any atom is -0.354 e. The van der Waals surface area contributed by atoms with Gasteiger partial charge in [0.25, 0.3) is 5.91 Å². The summed E-state index contributed by atoms with van der Waals surface area (Å²) in [5, 5.41) is 3.05. The Morgan fingerprint density at radius 3 is 3.05 bits per heavy atom. The summed E-state index contributed by atoms with van der Waals surface area (Å²) in [5.74, 6) is 0.870. The Hall–Kier alpha value is -1.95. The fourth-order valence-electron chi connectivity index (χ4n) is 2.43. The quantitative estimate of drug-likeness (QED) is 0.925. The van der Waals surface area contributed by atoms with Gasteiger partial charge in [-0.3, -0.25) is 9.78 Å². The summed E-state index contributed by atoms with van der Waals surface area (Å²) in [6.45, 7) is 1.68. The summed E-state index contributed by atoms with van der Waals surface area (Å²) in [6, 6.07) is 7.77. The second kappa shape index (κ2) is 6.22. The van der Waals surface area contributed by atoms with Gasteiger partial charge in [0.1, 0.15) is 5.82 Å². The highest BCUT2D eigenvalue weighted by Gasteiger charge is 2.25. The van der Waals surface area contributed by atoms with Crippen molar-refractivity contribution in [2.75, 3.05) is 18.0 Å². The first-order chi connectivity index (χ1) is 10.2. The predicted molar refractivity (Wildman–Crippen MR) is 84.3 cm³/mol. The molecule has 0 saturated carbocycles. The van der Waals surface area contributed by atoms with Gasteiger partial charge in [0, 0.05) is 42.2 Å². The fraction of sp³-hybridized carbons (Fsp3) is 0.267. The lowest BCUT2D eigenvalue weighted by atomic mass is 10.2. The molecule has 108 valence electrons. The molecule has 0 spiro atoms. The zero-order valence-corrected chi connectivity index (χ0v) is 13.0. The third-order valence-electron chi connectivity index (χ3n) is 3.46. The lowest BCUT2D eigenvalue weighted by Crippen LogP contribution is -2.37. The van der Waals surface area contributed by atoms with Crippen LogP contribution in [0.3, 0.4) is 0 Å². The number of rotatable bonds is 3. The van der Waals surface area contributed by atoms with Crippen LogP contribution < -0.4 is 10.2 Å². The molecule has 21 heavy (non-hydrogen) atoms. The van der Waals surface area contributed by atoms with Crippen molar-refractivity contribution in [2.24, 2.45) is 0 Å². The Bertz CT molecular complexity index is 635. The van der Waals surface area contributed by atoms with Gasteiger partial charge >= 0.3 is 0 Å². The molecule has 1 aliphatic heterocycles. The average Bonchev–Trinajstić information content (AvgIpc) is 2.97. The molecule has 2 aromatic heterocycles. The van der Waals surface area contributed by atoms with E-state index in [4.69, 9.17) is 0 Å². The molecule has 3 rings (SSSR count). The van der Waals surface area contributed by atoms with Crippen LogP contribution in [0.4, 0.5) is 5.82 Å². The van der Waals surface area contributed by atoms with Gasteiger partial charge in [-0.2, -0.15) is 0 Å². The van der Waals surface area contributed by atoms with E-state index in [-0.39, 0.29) is 11.9 Å². The molecule has 2 aromatic rings.